The lowest BCUT2D eigenvalue weighted by molar-refractivity contribution is -0.0904. The fourth-order valence-electron chi connectivity index (χ4n) is 3.80. The zero-order chi connectivity index (χ0) is 11.4. The molecule has 0 aromatic heterocycles. The highest BCUT2D eigenvalue weighted by molar-refractivity contribution is 7.99. The van der Waals surface area contributed by atoms with Crippen LogP contribution in [-0.2, 0) is 0 Å². The quantitative estimate of drug-likeness (QED) is 0.714. The van der Waals surface area contributed by atoms with Gasteiger partial charge in [0.1, 0.15) is 0 Å². The smallest absolute Gasteiger partial charge is 0.0864 e. The molecule has 3 nitrogen and oxygen atoms in total. The summed E-state index contributed by atoms with van der Waals surface area (Å²) in [5.74, 6) is 2.05. The minimum absolute atomic E-state index is 0.320. The average molecular weight is 242 g/mol. The molecule has 3 rings (SSSR count). The van der Waals surface area contributed by atoms with E-state index < -0.39 is 5.60 Å². The van der Waals surface area contributed by atoms with Gasteiger partial charge in [0.15, 0.2) is 0 Å². The minimum Gasteiger partial charge on any atom is -0.388 e. The number of rotatable bonds is 1. The van der Waals surface area contributed by atoms with E-state index in [0.717, 1.165) is 30.8 Å². The number of hydrogen-bond donors (Lipinski definition) is 2. The van der Waals surface area contributed by atoms with Crippen molar-refractivity contribution in [3.63, 3.8) is 0 Å². The maximum absolute atomic E-state index is 11.0. The van der Waals surface area contributed by atoms with Gasteiger partial charge in [-0.05, 0) is 44.9 Å². The number of hydrogen-bond acceptors (Lipinski definition) is 4. The second-order valence-electron chi connectivity index (χ2n) is 5.95. The molecule has 3 aliphatic heterocycles. The summed E-state index contributed by atoms with van der Waals surface area (Å²) in [7, 11) is 2.20. The highest BCUT2D eigenvalue weighted by atomic mass is 32.2. The van der Waals surface area contributed by atoms with Gasteiger partial charge in [0.05, 0.1) is 11.1 Å². The Bertz CT molecular complexity index is 277. The van der Waals surface area contributed by atoms with Crippen LogP contribution < -0.4 is 5.73 Å². The monoisotopic (exact) mass is 242 g/mol. The molecule has 0 amide bonds. The Kier molecular flexibility index (Phi) is 2.56. The fourth-order valence-corrected chi connectivity index (χ4v) is 5.23. The third-order valence-corrected chi connectivity index (χ3v) is 6.32. The molecule has 3 saturated heterocycles. The summed E-state index contributed by atoms with van der Waals surface area (Å²) < 4.78 is 0. The Balaban J connectivity index is 1.84. The predicted molar refractivity (Wildman–Crippen MR) is 67.6 cm³/mol. The van der Waals surface area contributed by atoms with Gasteiger partial charge < -0.3 is 15.7 Å². The summed E-state index contributed by atoms with van der Waals surface area (Å²) in [5.41, 5.74) is 5.55. The second-order valence-corrected chi connectivity index (χ2v) is 7.05. The molecule has 0 spiro atoms. The van der Waals surface area contributed by atoms with E-state index in [-0.39, 0.29) is 5.54 Å². The molecule has 3 aliphatic rings. The molecule has 0 aromatic rings. The number of nitrogens with two attached hydrogens (primary N) is 1. The van der Waals surface area contributed by atoms with E-state index >= 15 is 0 Å². The van der Waals surface area contributed by atoms with Crippen LogP contribution in [0.3, 0.4) is 0 Å². The molecule has 3 heterocycles. The van der Waals surface area contributed by atoms with Crippen LogP contribution in [0, 0.1) is 0 Å². The number of nitrogens with zero attached hydrogens (tertiary/aromatic N) is 1. The van der Waals surface area contributed by atoms with Crippen molar-refractivity contribution >= 4 is 11.8 Å². The summed E-state index contributed by atoms with van der Waals surface area (Å²) in [6.45, 7) is 0. The van der Waals surface area contributed by atoms with Crippen molar-refractivity contribution in [2.45, 2.75) is 55.3 Å². The molecule has 92 valence electrons. The first-order valence-corrected chi connectivity index (χ1v) is 7.51. The topological polar surface area (TPSA) is 49.5 Å². The van der Waals surface area contributed by atoms with Gasteiger partial charge in [-0.2, -0.15) is 11.8 Å². The van der Waals surface area contributed by atoms with Gasteiger partial charge in [0.2, 0.25) is 0 Å². The highest BCUT2D eigenvalue weighted by Gasteiger charge is 2.56. The number of aliphatic hydroxyl groups is 1. The molecule has 3 N–H and O–H groups in total. The number of thioether (sulfide) groups is 1. The second kappa shape index (κ2) is 3.61. The Hall–Kier alpha value is 0.230. The molecule has 4 heteroatoms. The van der Waals surface area contributed by atoms with Crippen LogP contribution >= 0.6 is 11.8 Å². The van der Waals surface area contributed by atoms with Gasteiger partial charge in [-0.15, -0.1) is 0 Å². The first-order valence-electron chi connectivity index (χ1n) is 6.35. The third-order valence-electron chi connectivity index (χ3n) is 5.11. The standard InChI is InChI=1S/C12H22N2OS/c1-14-9-2-3-10(14)7-12(15,6-9)11(13)4-5-16-8-11/h9-10,15H,2-8,13H2,1H3. The summed E-state index contributed by atoms with van der Waals surface area (Å²) in [4.78, 5) is 2.46. The van der Waals surface area contributed by atoms with Crippen molar-refractivity contribution in [1.82, 2.24) is 4.90 Å². The molecule has 16 heavy (non-hydrogen) atoms. The van der Waals surface area contributed by atoms with Crippen LogP contribution in [0.4, 0.5) is 0 Å². The van der Waals surface area contributed by atoms with Crippen molar-refractivity contribution < 1.29 is 5.11 Å². The fraction of sp³-hybridized carbons (Fsp3) is 1.00. The first kappa shape index (κ1) is 11.3. The molecule has 0 aliphatic carbocycles. The Morgan fingerprint density at radius 1 is 1.31 bits per heavy atom. The summed E-state index contributed by atoms with van der Waals surface area (Å²) in [6, 6.07) is 1.13. The Morgan fingerprint density at radius 2 is 1.94 bits per heavy atom. The molecule has 0 aromatic carbocycles. The summed E-state index contributed by atoms with van der Waals surface area (Å²) in [5, 5.41) is 11.0. The molecule has 0 radical (unpaired) electrons. The van der Waals surface area contributed by atoms with E-state index in [0.29, 0.717) is 12.1 Å². The van der Waals surface area contributed by atoms with Crippen LogP contribution in [-0.4, -0.2) is 51.8 Å². The molecule has 0 saturated carbocycles. The van der Waals surface area contributed by atoms with E-state index in [4.69, 9.17) is 5.73 Å². The van der Waals surface area contributed by atoms with Gasteiger partial charge >= 0.3 is 0 Å². The Morgan fingerprint density at radius 3 is 2.44 bits per heavy atom. The molecular formula is C12H22N2OS. The van der Waals surface area contributed by atoms with Crippen LogP contribution in [0.5, 0.6) is 0 Å². The van der Waals surface area contributed by atoms with Crippen LogP contribution in [0.1, 0.15) is 32.1 Å². The predicted octanol–water partition coefficient (Wildman–Crippen LogP) is 0.808. The van der Waals surface area contributed by atoms with Gasteiger partial charge in [-0.1, -0.05) is 0 Å². The first-order chi connectivity index (χ1) is 7.54. The lowest BCUT2D eigenvalue weighted by atomic mass is 9.71. The lowest BCUT2D eigenvalue weighted by Gasteiger charge is -2.49. The van der Waals surface area contributed by atoms with Crippen LogP contribution in [0.15, 0.2) is 0 Å². The van der Waals surface area contributed by atoms with Crippen molar-refractivity contribution in [2.75, 3.05) is 18.6 Å². The minimum atomic E-state index is -0.602. The number of piperidine rings is 1. The molecule has 3 atom stereocenters. The van der Waals surface area contributed by atoms with Crippen molar-refractivity contribution in [3.8, 4) is 0 Å². The van der Waals surface area contributed by atoms with E-state index in [1.54, 1.807) is 0 Å². The number of fused-ring (bicyclic) bond motifs is 2. The van der Waals surface area contributed by atoms with E-state index in [2.05, 4.69) is 11.9 Å². The average Bonchev–Trinajstić information content (AvgIpc) is 2.74. The van der Waals surface area contributed by atoms with Crippen molar-refractivity contribution in [1.29, 1.82) is 0 Å². The zero-order valence-corrected chi connectivity index (χ0v) is 10.8. The SMILES string of the molecule is CN1C2CCC1CC(O)(C1(N)CCSC1)C2. The van der Waals surface area contributed by atoms with Crippen LogP contribution in [0.25, 0.3) is 0 Å². The lowest BCUT2D eigenvalue weighted by Crippen LogP contribution is -2.66. The molecular weight excluding hydrogens is 220 g/mol. The van der Waals surface area contributed by atoms with E-state index in [9.17, 15) is 5.11 Å². The maximum Gasteiger partial charge on any atom is 0.0864 e. The van der Waals surface area contributed by atoms with Gasteiger partial charge in [0, 0.05) is 17.8 Å². The van der Waals surface area contributed by atoms with E-state index in [1.807, 2.05) is 11.8 Å². The molecule has 2 bridgehead atoms. The highest BCUT2D eigenvalue weighted by Crippen LogP contribution is 2.47. The van der Waals surface area contributed by atoms with Crippen molar-refractivity contribution in [3.05, 3.63) is 0 Å². The third kappa shape index (κ3) is 1.47. The molecule has 3 fully saturated rings. The zero-order valence-electron chi connectivity index (χ0n) is 9.98. The molecule has 3 unspecified atom stereocenters. The summed E-state index contributed by atoms with van der Waals surface area (Å²) >= 11 is 1.90. The van der Waals surface area contributed by atoms with Gasteiger partial charge in [-0.3, -0.25) is 0 Å². The van der Waals surface area contributed by atoms with Gasteiger partial charge in [0.25, 0.3) is 0 Å². The van der Waals surface area contributed by atoms with Gasteiger partial charge in [-0.25, -0.2) is 0 Å². The van der Waals surface area contributed by atoms with Crippen LogP contribution in [0.2, 0.25) is 0 Å². The summed E-state index contributed by atoms with van der Waals surface area (Å²) in [6.07, 6.45) is 5.24. The largest absolute Gasteiger partial charge is 0.388 e. The normalized spacial score (nSPS) is 53.4. The van der Waals surface area contributed by atoms with Crippen molar-refractivity contribution in [2.24, 2.45) is 5.73 Å². The van der Waals surface area contributed by atoms with E-state index in [1.165, 1.54) is 12.8 Å². The Labute approximate surface area is 102 Å². The maximum atomic E-state index is 11.0.